The molecule has 0 fully saturated rings. The second-order valence-electron chi connectivity index (χ2n) is 5.30. The SMILES string of the molecule is Cc1nc(-c2ccc(CC(=O)Nc3ccc(Cl)c(F)c3)cc2)cs1. The second kappa shape index (κ2) is 7.11. The van der Waals surface area contributed by atoms with Crippen molar-refractivity contribution >= 4 is 34.5 Å². The van der Waals surface area contributed by atoms with E-state index in [4.69, 9.17) is 11.6 Å². The van der Waals surface area contributed by atoms with Gasteiger partial charge in [0.2, 0.25) is 5.91 Å². The largest absolute Gasteiger partial charge is 0.326 e. The first-order chi connectivity index (χ1) is 11.5. The van der Waals surface area contributed by atoms with Crippen LogP contribution in [0.3, 0.4) is 0 Å². The molecule has 0 aliphatic rings. The van der Waals surface area contributed by atoms with Crippen molar-refractivity contribution in [3.8, 4) is 11.3 Å². The Morgan fingerprint density at radius 1 is 1.25 bits per heavy atom. The second-order valence-corrected chi connectivity index (χ2v) is 6.77. The highest BCUT2D eigenvalue weighted by molar-refractivity contribution is 7.09. The summed E-state index contributed by atoms with van der Waals surface area (Å²) in [6.07, 6.45) is 0.209. The molecule has 1 aromatic heterocycles. The average molecular weight is 361 g/mol. The number of aromatic nitrogens is 1. The van der Waals surface area contributed by atoms with Crippen molar-refractivity contribution in [2.24, 2.45) is 0 Å². The molecule has 1 heterocycles. The van der Waals surface area contributed by atoms with Gasteiger partial charge in [-0.15, -0.1) is 11.3 Å². The van der Waals surface area contributed by atoms with Gasteiger partial charge in [-0.25, -0.2) is 9.37 Å². The highest BCUT2D eigenvalue weighted by Gasteiger charge is 2.08. The number of carbonyl (C=O) groups is 1. The Bertz CT molecular complexity index is 877. The van der Waals surface area contributed by atoms with E-state index in [9.17, 15) is 9.18 Å². The highest BCUT2D eigenvalue weighted by atomic mass is 35.5. The molecule has 2 aromatic carbocycles. The van der Waals surface area contributed by atoms with Crippen LogP contribution in [0.5, 0.6) is 0 Å². The third-order valence-corrected chi connectivity index (χ3v) is 4.52. The van der Waals surface area contributed by atoms with Crippen LogP contribution in [-0.4, -0.2) is 10.9 Å². The molecule has 3 nitrogen and oxygen atoms in total. The fourth-order valence-corrected chi connectivity index (χ4v) is 2.99. The maximum absolute atomic E-state index is 13.4. The summed E-state index contributed by atoms with van der Waals surface area (Å²) in [6.45, 7) is 1.96. The summed E-state index contributed by atoms with van der Waals surface area (Å²) < 4.78 is 13.4. The number of carbonyl (C=O) groups excluding carboxylic acids is 1. The van der Waals surface area contributed by atoms with Crippen LogP contribution in [0.25, 0.3) is 11.3 Å². The van der Waals surface area contributed by atoms with Gasteiger partial charge in [0, 0.05) is 16.6 Å². The standard InChI is InChI=1S/C18H14ClFN2OS/c1-11-21-17(10-24-11)13-4-2-12(3-5-13)8-18(23)22-14-6-7-15(19)16(20)9-14/h2-7,9-10H,8H2,1H3,(H,22,23). The average Bonchev–Trinajstić information content (AvgIpc) is 2.98. The van der Waals surface area contributed by atoms with Crippen LogP contribution in [0.1, 0.15) is 10.6 Å². The van der Waals surface area contributed by atoms with Gasteiger partial charge in [-0.1, -0.05) is 35.9 Å². The lowest BCUT2D eigenvalue weighted by Crippen LogP contribution is -2.14. The van der Waals surface area contributed by atoms with E-state index in [2.05, 4.69) is 10.3 Å². The van der Waals surface area contributed by atoms with Gasteiger partial charge in [-0.05, 0) is 30.7 Å². The normalized spacial score (nSPS) is 10.6. The fourth-order valence-electron chi connectivity index (χ4n) is 2.25. The Morgan fingerprint density at radius 2 is 2.00 bits per heavy atom. The third-order valence-electron chi connectivity index (χ3n) is 3.44. The van der Waals surface area contributed by atoms with E-state index in [-0.39, 0.29) is 17.4 Å². The van der Waals surface area contributed by atoms with Crippen LogP contribution < -0.4 is 5.32 Å². The Balaban J connectivity index is 1.65. The van der Waals surface area contributed by atoms with E-state index in [0.29, 0.717) is 5.69 Å². The minimum atomic E-state index is -0.558. The van der Waals surface area contributed by atoms with Gasteiger partial charge in [0.25, 0.3) is 0 Å². The van der Waals surface area contributed by atoms with E-state index >= 15 is 0 Å². The van der Waals surface area contributed by atoms with Crippen molar-refractivity contribution in [1.29, 1.82) is 0 Å². The van der Waals surface area contributed by atoms with Gasteiger partial charge in [-0.3, -0.25) is 4.79 Å². The van der Waals surface area contributed by atoms with Crippen molar-refractivity contribution in [3.05, 3.63) is 69.3 Å². The lowest BCUT2D eigenvalue weighted by atomic mass is 10.1. The summed E-state index contributed by atoms with van der Waals surface area (Å²) in [5.74, 6) is -0.772. The van der Waals surface area contributed by atoms with E-state index in [1.165, 1.54) is 12.1 Å². The number of hydrogen-bond acceptors (Lipinski definition) is 3. The number of halogens is 2. The molecule has 1 N–H and O–H groups in total. The quantitative estimate of drug-likeness (QED) is 0.704. The van der Waals surface area contributed by atoms with Crippen molar-refractivity contribution in [2.75, 3.05) is 5.32 Å². The zero-order valence-electron chi connectivity index (χ0n) is 12.8. The molecule has 0 saturated carbocycles. The molecule has 3 aromatic rings. The van der Waals surface area contributed by atoms with E-state index in [1.807, 2.05) is 36.6 Å². The van der Waals surface area contributed by atoms with Crippen LogP contribution in [0.2, 0.25) is 5.02 Å². The summed E-state index contributed by atoms with van der Waals surface area (Å²) in [7, 11) is 0. The number of thiazole rings is 1. The van der Waals surface area contributed by atoms with Gasteiger partial charge in [0.1, 0.15) is 5.82 Å². The molecule has 0 aliphatic heterocycles. The number of nitrogens with zero attached hydrogens (tertiary/aromatic N) is 1. The molecular formula is C18H14ClFN2OS. The van der Waals surface area contributed by atoms with Crippen LogP contribution in [0.4, 0.5) is 10.1 Å². The molecule has 24 heavy (non-hydrogen) atoms. The topological polar surface area (TPSA) is 42.0 Å². The van der Waals surface area contributed by atoms with E-state index in [0.717, 1.165) is 21.8 Å². The summed E-state index contributed by atoms with van der Waals surface area (Å²) in [5.41, 5.74) is 3.21. The fraction of sp³-hybridized carbons (Fsp3) is 0.111. The zero-order chi connectivity index (χ0) is 17.1. The van der Waals surface area contributed by atoms with Crippen molar-refractivity contribution in [3.63, 3.8) is 0 Å². The van der Waals surface area contributed by atoms with Gasteiger partial charge in [-0.2, -0.15) is 0 Å². The summed E-state index contributed by atoms with van der Waals surface area (Å²) in [4.78, 5) is 16.5. The molecular weight excluding hydrogens is 347 g/mol. The lowest BCUT2D eigenvalue weighted by Gasteiger charge is -2.06. The van der Waals surface area contributed by atoms with Crippen LogP contribution in [0.15, 0.2) is 47.8 Å². The van der Waals surface area contributed by atoms with Crippen molar-refractivity contribution < 1.29 is 9.18 Å². The molecule has 0 aliphatic carbocycles. The van der Waals surface area contributed by atoms with Gasteiger partial charge in [0.05, 0.1) is 22.1 Å². The van der Waals surface area contributed by atoms with Crippen LogP contribution in [-0.2, 0) is 11.2 Å². The van der Waals surface area contributed by atoms with E-state index in [1.54, 1.807) is 17.4 Å². The monoisotopic (exact) mass is 360 g/mol. The molecule has 3 rings (SSSR count). The summed E-state index contributed by atoms with van der Waals surface area (Å²) in [5, 5.41) is 5.71. The molecule has 0 atom stereocenters. The first-order valence-electron chi connectivity index (χ1n) is 7.27. The maximum Gasteiger partial charge on any atom is 0.228 e. The Hall–Kier alpha value is -2.24. The smallest absolute Gasteiger partial charge is 0.228 e. The van der Waals surface area contributed by atoms with Gasteiger partial charge in [0.15, 0.2) is 0 Å². The number of amides is 1. The number of benzene rings is 2. The van der Waals surface area contributed by atoms with Crippen molar-refractivity contribution in [1.82, 2.24) is 4.98 Å². The molecule has 122 valence electrons. The predicted octanol–water partition coefficient (Wildman–Crippen LogP) is 5.09. The van der Waals surface area contributed by atoms with Crippen molar-refractivity contribution in [2.45, 2.75) is 13.3 Å². The minimum Gasteiger partial charge on any atom is -0.326 e. The number of anilines is 1. The van der Waals surface area contributed by atoms with Crippen LogP contribution >= 0.6 is 22.9 Å². The predicted molar refractivity (Wildman–Crippen MR) is 96.0 cm³/mol. The maximum atomic E-state index is 13.4. The van der Waals surface area contributed by atoms with E-state index < -0.39 is 5.82 Å². The molecule has 0 spiro atoms. The number of nitrogens with one attached hydrogen (secondary N) is 1. The Kier molecular flexibility index (Phi) is 4.92. The molecule has 0 bridgehead atoms. The molecule has 0 saturated heterocycles. The third kappa shape index (κ3) is 3.99. The first-order valence-corrected chi connectivity index (χ1v) is 8.53. The lowest BCUT2D eigenvalue weighted by molar-refractivity contribution is -0.115. The Labute approximate surface area is 148 Å². The molecule has 0 radical (unpaired) electrons. The van der Waals surface area contributed by atoms with Crippen LogP contribution in [0, 0.1) is 12.7 Å². The van der Waals surface area contributed by atoms with Gasteiger partial charge >= 0.3 is 0 Å². The minimum absolute atomic E-state index is 0.0286. The molecule has 1 amide bonds. The highest BCUT2D eigenvalue weighted by Crippen LogP contribution is 2.22. The first kappa shape index (κ1) is 16.6. The summed E-state index contributed by atoms with van der Waals surface area (Å²) >= 11 is 7.22. The number of rotatable bonds is 4. The summed E-state index contributed by atoms with van der Waals surface area (Å²) in [6, 6.07) is 11.9. The number of aryl methyl sites for hydroxylation is 1. The number of hydrogen-bond donors (Lipinski definition) is 1. The van der Waals surface area contributed by atoms with Gasteiger partial charge < -0.3 is 5.32 Å². The zero-order valence-corrected chi connectivity index (χ0v) is 14.4. The molecule has 6 heteroatoms. The molecule has 0 unspecified atom stereocenters. The Morgan fingerprint density at radius 3 is 2.62 bits per heavy atom.